The van der Waals surface area contributed by atoms with Crippen LogP contribution in [0.2, 0.25) is 0 Å². The molecule has 4 heteroatoms. The van der Waals surface area contributed by atoms with Crippen molar-refractivity contribution in [3.8, 4) is 0 Å². The first kappa shape index (κ1) is 7.53. The maximum atomic E-state index is 10.4. The van der Waals surface area contributed by atoms with Crippen molar-refractivity contribution in [3.63, 3.8) is 0 Å². The molecule has 1 rings (SSSR count). The van der Waals surface area contributed by atoms with Crippen molar-refractivity contribution in [1.29, 1.82) is 0 Å². The molecule has 1 aliphatic rings. The first-order valence-electron chi connectivity index (χ1n) is 2.97. The zero-order valence-corrected chi connectivity index (χ0v) is 5.52. The minimum Gasteiger partial charge on any atom is -0.481 e. The molecule has 1 unspecified atom stereocenters. The Balaban J connectivity index is 2.85. The van der Waals surface area contributed by atoms with Crippen molar-refractivity contribution >= 4 is 11.9 Å². The summed E-state index contributed by atoms with van der Waals surface area (Å²) in [4.78, 5) is 20.7. The smallest absolute Gasteiger partial charge is 0.332 e. The van der Waals surface area contributed by atoms with E-state index >= 15 is 0 Å². The predicted octanol–water partition coefficient (Wildman–Crippen LogP) is 0.268. The van der Waals surface area contributed by atoms with Crippen LogP contribution < -0.4 is 0 Å². The van der Waals surface area contributed by atoms with Gasteiger partial charge in [0.25, 0.3) is 0 Å². The number of hydrogen-bond acceptors (Lipinski definition) is 2. The highest BCUT2D eigenvalue weighted by molar-refractivity contribution is 5.96. The third-order valence-electron chi connectivity index (χ3n) is 1.43. The Morgan fingerprint density at radius 2 is 2.00 bits per heavy atom. The van der Waals surface area contributed by atoms with E-state index in [-0.39, 0.29) is 5.57 Å². The second kappa shape index (κ2) is 2.57. The van der Waals surface area contributed by atoms with Gasteiger partial charge in [0.2, 0.25) is 0 Å². The van der Waals surface area contributed by atoms with Crippen LogP contribution in [-0.2, 0) is 9.59 Å². The van der Waals surface area contributed by atoms with Crippen LogP contribution in [-0.4, -0.2) is 22.2 Å². The van der Waals surface area contributed by atoms with Crippen molar-refractivity contribution in [2.75, 3.05) is 0 Å². The van der Waals surface area contributed by atoms with Gasteiger partial charge in [-0.3, -0.25) is 4.79 Å². The number of carboxylic acids is 2. The molecule has 0 aromatic heterocycles. The average molecular weight is 154 g/mol. The molecule has 2 N–H and O–H groups in total. The molecule has 0 fully saturated rings. The Labute approximate surface area is 62.5 Å². The Morgan fingerprint density at radius 1 is 1.36 bits per heavy atom. The van der Waals surface area contributed by atoms with Crippen molar-refractivity contribution in [2.24, 2.45) is 5.92 Å². The van der Waals surface area contributed by atoms with Gasteiger partial charge >= 0.3 is 11.9 Å². The fourth-order valence-corrected chi connectivity index (χ4v) is 0.897. The van der Waals surface area contributed by atoms with Gasteiger partial charge in [-0.15, -0.1) is 0 Å². The largest absolute Gasteiger partial charge is 0.481 e. The highest BCUT2D eigenvalue weighted by Crippen LogP contribution is 2.19. The molecule has 0 amide bonds. The van der Waals surface area contributed by atoms with E-state index in [1.54, 1.807) is 0 Å². The first-order chi connectivity index (χ1) is 5.13. The van der Waals surface area contributed by atoms with Gasteiger partial charge in [-0.25, -0.2) is 4.79 Å². The van der Waals surface area contributed by atoms with Crippen LogP contribution >= 0.6 is 0 Å². The van der Waals surface area contributed by atoms with Gasteiger partial charge in [0.15, 0.2) is 0 Å². The summed E-state index contributed by atoms with van der Waals surface area (Å²) >= 11 is 0. The van der Waals surface area contributed by atoms with Gasteiger partial charge < -0.3 is 10.2 Å². The molecule has 0 saturated heterocycles. The minimum absolute atomic E-state index is 0.0856. The monoisotopic (exact) mass is 154 g/mol. The Morgan fingerprint density at radius 3 is 2.36 bits per heavy atom. The average Bonchev–Trinajstić information content (AvgIpc) is 2.32. The van der Waals surface area contributed by atoms with Gasteiger partial charge in [-0.1, -0.05) is 18.2 Å². The van der Waals surface area contributed by atoms with Gasteiger partial charge in [0.1, 0.15) is 5.92 Å². The zero-order chi connectivity index (χ0) is 8.43. The Kier molecular flexibility index (Phi) is 1.76. The zero-order valence-electron chi connectivity index (χ0n) is 5.52. The molecule has 0 heterocycles. The van der Waals surface area contributed by atoms with Crippen LogP contribution in [0.5, 0.6) is 0 Å². The molecular formula is C7H6O4. The summed E-state index contributed by atoms with van der Waals surface area (Å²) in [6.45, 7) is 0. The molecule has 0 aromatic rings. The summed E-state index contributed by atoms with van der Waals surface area (Å²) in [5, 5.41) is 16.9. The third kappa shape index (κ3) is 1.29. The Bertz CT molecular complexity index is 262. The number of aliphatic carboxylic acids is 2. The van der Waals surface area contributed by atoms with E-state index in [0.717, 1.165) is 0 Å². The normalized spacial score (nSPS) is 21.5. The predicted molar refractivity (Wildman–Crippen MR) is 36.0 cm³/mol. The second-order valence-electron chi connectivity index (χ2n) is 2.13. The molecular weight excluding hydrogens is 148 g/mol. The number of allylic oxidation sites excluding steroid dienone is 2. The van der Waals surface area contributed by atoms with Gasteiger partial charge in [0, 0.05) is 0 Å². The standard InChI is InChI=1S/C7H6O4/c8-6(9)4-2-1-3-5(4)7(10)11/h1-4H,(H,8,9)(H,10,11). The summed E-state index contributed by atoms with van der Waals surface area (Å²) < 4.78 is 0. The molecule has 0 aromatic carbocycles. The van der Waals surface area contributed by atoms with Crippen molar-refractivity contribution < 1.29 is 19.8 Å². The van der Waals surface area contributed by atoms with E-state index in [1.165, 1.54) is 18.2 Å². The third-order valence-corrected chi connectivity index (χ3v) is 1.43. The highest BCUT2D eigenvalue weighted by Gasteiger charge is 2.26. The van der Waals surface area contributed by atoms with Gasteiger partial charge in [-0.05, 0) is 0 Å². The molecule has 0 bridgehead atoms. The number of carboxylic acid groups (broad SMARTS) is 2. The van der Waals surface area contributed by atoms with Crippen molar-refractivity contribution in [3.05, 3.63) is 23.8 Å². The Hall–Kier alpha value is -1.58. The molecule has 0 radical (unpaired) electrons. The van der Waals surface area contributed by atoms with E-state index in [4.69, 9.17) is 10.2 Å². The number of carbonyl (C=O) groups is 2. The van der Waals surface area contributed by atoms with Crippen LogP contribution in [0, 0.1) is 5.92 Å². The lowest BCUT2D eigenvalue weighted by molar-refractivity contribution is -0.142. The summed E-state index contributed by atoms with van der Waals surface area (Å²) in [6.07, 6.45) is 4.06. The lowest BCUT2D eigenvalue weighted by atomic mass is 10.0. The quantitative estimate of drug-likeness (QED) is 0.598. The number of rotatable bonds is 2. The molecule has 0 saturated carbocycles. The first-order valence-corrected chi connectivity index (χ1v) is 2.97. The summed E-state index contributed by atoms with van der Waals surface area (Å²) in [5.41, 5.74) is -0.0856. The lowest BCUT2D eigenvalue weighted by Crippen LogP contribution is -2.17. The molecule has 0 spiro atoms. The fraction of sp³-hybridized carbons (Fsp3) is 0.143. The SMILES string of the molecule is O=C(O)C1=CC=CC1C(=O)O. The van der Waals surface area contributed by atoms with Gasteiger partial charge in [-0.2, -0.15) is 0 Å². The van der Waals surface area contributed by atoms with Crippen molar-refractivity contribution in [1.82, 2.24) is 0 Å². The molecule has 58 valence electrons. The van der Waals surface area contributed by atoms with Crippen LogP contribution in [0.15, 0.2) is 23.8 Å². The summed E-state index contributed by atoms with van der Waals surface area (Å²) in [6, 6.07) is 0. The minimum atomic E-state index is -1.18. The summed E-state index contributed by atoms with van der Waals surface area (Å²) in [5.74, 6) is -3.29. The fourth-order valence-electron chi connectivity index (χ4n) is 0.897. The van der Waals surface area contributed by atoms with E-state index in [2.05, 4.69) is 0 Å². The molecule has 1 aliphatic carbocycles. The van der Waals surface area contributed by atoms with Crippen molar-refractivity contribution in [2.45, 2.75) is 0 Å². The van der Waals surface area contributed by atoms with E-state index in [1.807, 2.05) is 0 Å². The van der Waals surface area contributed by atoms with Crippen LogP contribution in [0.25, 0.3) is 0 Å². The van der Waals surface area contributed by atoms with E-state index < -0.39 is 17.9 Å². The van der Waals surface area contributed by atoms with Crippen LogP contribution in [0.4, 0.5) is 0 Å². The van der Waals surface area contributed by atoms with Crippen LogP contribution in [0.1, 0.15) is 0 Å². The highest BCUT2D eigenvalue weighted by atomic mass is 16.4. The molecule has 11 heavy (non-hydrogen) atoms. The maximum Gasteiger partial charge on any atom is 0.332 e. The molecule has 4 nitrogen and oxygen atoms in total. The lowest BCUT2D eigenvalue weighted by Gasteiger charge is -2.02. The van der Waals surface area contributed by atoms with Gasteiger partial charge in [0.05, 0.1) is 5.57 Å². The number of hydrogen-bond donors (Lipinski definition) is 2. The topological polar surface area (TPSA) is 74.6 Å². The maximum absolute atomic E-state index is 10.4. The second-order valence-corrected chi connectivity index (χ2v) is 2.13. The van der Waals surface area contributed by atoms with E-state index in [0.29, 0.717) is 0 Å². The van der Waals surface area contributed by atoms with Crippen LogP contribution in [0.3, 0.4) is 0 Å². The molecule has 0 aliphatic heterocycles. The molecule has 1 atom stereocenters. The summed E-state index contributed by atoms with van der Waals surface area (Å²) in [7, 11) is 0. The van der Waals surface area contributed by atoms with E-state index in [9.17, 15) is 9.59 Å².